The van der Waals surface area contributed by atoms with Crippen LogP contribution >= 0.6 is 11.8 Å². The van der Waals surface area contributed by atoms with E-state index in [0.717, 1.165) is 45.8 Å². The number of hydrogen-bond donors (Lipinski definition) is 0. The Bertz CT molecular complexity index is 372. The van der Waals surface area contributed by atoms with Crippen LogP contribution < -0.4 is 0 Å². The first-order chi connectivity index (χ1) is 9.58. The van der Waals surface area contributed by atoms with Gasteiger partial charge < -0.3 is 9.64 Å². The van der Waals surface area contributed by atoms with Crippen molar-refractivity contribution in [3.05, 3.63) is 10.1 Å². The molecule has 0 N–H and O–H groups in total. The molecule has 2 aliphatic rings. The summed E-state index contributed by atoms with van der Waals surface area (Å²) in [6, 6.07) is 0. The number of piperazine rings is 1. The van der Waals surface area contributed by atoms with Crippen LogP contribution in [0, 0.1) is 16.0 Å². The highest BCUT2D eigenvalue weighted by Gasteiger charge is 2.27. The van der Waals surface area contributed by atoms with Crippen LogP contribution in [0.3, 0.4) is 0 Å². The van der Waals surface area contributed by atoms with Crippen molar-refractivity contribution in [1.82, 2.24) is 9.80 Å². The molecule has 2 heterocycles. The van der Waals surface area contributed by atoms with E-state index in [-0.39, 0.29) is 0 Å². The Morgan fingerprint density at radius 1 is 1.45 bits per heavy atom. The van der Waals surface area contributed by atoms with E-state index in [2.05, 4.69) is 16.9 Å². The van der Waals surface area contributed by atoms with Crippen LogP contribution in [-0.4, -0.2) is 71.7 Å². The maximum absolute atomic E-state index is 10.5. The van der Waals surface area contributed by atoms with Gasteiger partial charge in [-0.25, -0.2) is 10.1 Å². The van der Waals surface area contributed by atoms with Crippen LogP contribution in [0.2, 0.25) is 0 Å². The molecule has 0 radical (unpaired) electrons. The van der Waals surface area contributed by atoms with Crippen molar-refractivity contribution < 1.29 is 9.77 Å². The van der Waals surface area contributed by atoms with E-state index in [9.17, 15) is 10.1 Å². The smallest absolute Gasteiger partial charge is 0.237 e. The molecule has 2 rings (SSSR count). The van der Waals surface area contributed by atoms with Crippen molar-refractivity contribution in [3.8, 4) is 0 Å². The molecule has 0 aliphatic carbocycles. The Hall–Kier alpha value is -0.860. The van der Waals surface area contributed by atoms with Crippen molar-refractivity contribution in [1.29, 1.82) is 0 Å². The van der Waals surface area contributed by atoms with Gasteiger partial charge in [0.1, 0.15) is 0 Å². The van der Waals surface area contributed by atoms with E-state index >= 15 is 0 Å². The Kier molecular flexibility index (Phi) is 5.62. The number of nitro groups is 1. The lowest BCUT2D eigenvalue weighted by molar-refractivity contribution is -0.485. The molecule has 0 saturated carbocycles. The summed E-state index contributed by atoms with van der Waals surface area (Å²) in [6.07, 6.45) is 3.35. The molecule has 0 bridgehead atoms. The molecule has 2 atom stereocenters. The van der Waals surface area contributed by atoms with Gasteiger partial charge in [-0.3, -0.25) is 4.90 Å². The van der Waals surface area contributed by atoms with Gasteiger partial charge in [0.05, 0.1) is 17.8 Å². The SMILES string of the molecule is CSC(=N[N+](=O)[O-])N1CCN(CC2COC(C)C2)CC1. The quantitative estimate of drug-likeness (QED) is 0.334. The van der Waals surface area contributed by atoms with E-state index in [0.29, 0.717) is 17.2 Å². The monoisotopic (exact) mass is 302 g/mol. The van der Waals surface area contributed by atoms with Crippen molar-refractivity contribution in [2.24, 2.45) is 11.0 Å². The van der Waals surface area contributed by atoms with Crippen molar-refractivity contribution in [3.63, 3.8) is 0 Å². The number of amidine groups is 1. The van der Waals surface area contributed by atoms with Gasteiger partial charge in [0.15, 0.2) is 5.03 Å². The van der Waals surface area contributed by atoms with Gasteiger partial charge in [0, 0.05) is 32.7 Å². The zero-order valence-electron chi connectivity index (χ0n) is 12.0. The normalized spacial score (nSPS) is 28.9. The summed E-state index contributed by atoms with van der Waals surface area (Å²) in [5, 5.41) is 13.8. The maximum Gasteiger partial charge on any atom is 0.237 e. The lowest BCUT2D eigenvalue weighted by Gasteiger charge is -2.36. The lowest BCUT2D eigenvalue weighted by atomic mass is 10.1. The summed E-state index contributed by atoms with van der Waals surface area (Å²) in [7, 11) is 0. The van der Waals surface area contributed by atoms with Crippen molar-refractivity contribution in [2.45, 2.75) is 19.4 Å². The second-order valence-electron chi connectivity index (χ2n) is 5.36. The highest BCUT2D eigenvalue weighted by atomic mass is 32.2. The van der Waals surface area contributed by atoms with E-state index in [1.807, 2.05) is 11.2 Å². The molecule has 0 spiro atoms. The molecule has 8 heteroatoms. The van der Waals surface area contributed by atoms with E-state index < -0.39 is 5.03 Å². The molecular weight excluding hydrogens is 280 g/mol. The highest BCUT2D eigenvalue weighted by molar-refractivity contribution is 8.13. The highest BCUT2D eigenvalue weighted by Crippen LogP contribution is 2.21. The molecule has 0 aromatic heterocycles. The van der Waals surface area contributed by atoms with Gasteiger partial charge >= 0.3 is 0 Å². The number of nitrogens with zero attached hydrogens (tertiary/aromatic N) is 4. The summed E-state index contributed by atoms with van der Waals surface area (Å²) >= 11 is 1.33. The molecule has 0 aromatic carbocycles. The summed E-state index contributed by atoms with van der Waals surface area (Å²) in [5.41, 5.74) is 0. The minimum atomic E-state index is -0.616. The van der Waals surface area contributed by atoms with E-state index in [1.165, 1.54) is 11.8 Å². The molecular formula is C12H22N4O3S. The third kappa shape index (κ3) is 4.32. The first-order valence-electron chi connectivity index (χ1n) is 6.94. The largest absolute Gasteiger partial charge is 0.378 e. The molecule has 0 aromatic rings. The molecule has 2 saturated heterocycles. The fraction of sp³-hybridized carbons (Fsp3) is 0.917. The lowest BCUT2D eigenvalue weighted by Crippen LogP contribution is -2.49. The molecule has 0 amide bonds. The van der Waals surface area contributed by atoms with Crippen LogP contribution in [0.4, 0.5) is 0 Å². The zero-order chi connectivity index (χ0) is 14.5. The van der Waals surface area contributed by atoms with Gasteiger partial charge in [-0.1, -0.05) is 11.8 Å². The number of hydrogen-bond acceptors (Lipinski definition) is 5. The predicted molar refractivity (Wildman–Crippen MR) is 79.5 cm³/mol. The summed E-state index contributed by atoms with van der Waals surface area (Å²) in [5.74, 6) is 0.629. The number of rotatable bonds is 3. The maximum atomic E-state index is 10.5. The first-order valence-corrected chi connectivity index (χ1v) is 8.17. The van der Waals surface area contributed by atoms with Gasteiger partial charge in [-0.05, 0) is 25.5 Å². The fourth-order valence-electron chi connectivity index (χ4n) is 2.82. The number of thioether (sulfide) groups is 1. The molecule has 20 heavy (non-hydrogen) atoms. The van der Waals surface area contributed by atoms with Crippen LogP contribution in [-0.2, 0) is 4.74 Å². The van der Waals surface area contributed by atoms with Gasteiger partial charge in [-0.2, -0.15) is 0 Å². The second kappa shape index (κ2) is 7.24. The first kappa shape index (κ1) is 15.5. The van der Waals surface area contributed by atoms with Gasteiger partial charge in [0.25, 0.3) is 0 Å². The molecule has 114 valence electrons. The summed E-state index contributed by atoms with van der Waals surface area (Å²) in [4.78, 5) is 14.9. The third-order valence-corrected chi connectivity index (χ3v) is 4.50. The van der Waals surface area contributed by atoms with Crippen LogP contribution in [0.5, 0.6) is 0 Å². The number of ether oxygens (including phenoxy) is 1. The zero-order valence-corrected chi connectivity index (χ0v) is 12.8. The van der Waals surface area contributed by atoms with Gasteiger partial charge in [0.2, 0.25) is 5.17 Å². The van der Waals surface area contributed by atoms with E-state index in [1.54, 1.807) is 0 Å². The topological polar surface area (TPSA) is 71.2 Å². The Morgan fingerprint density at radius 2 is 2.15 bits per heavy atom. The minimum absolute atomic E-state index is 0.386. The van der Waals surface area contributed by atoms with Crippen molar-refractivity contribution >= 4 is 16.9 Å². The number of hydrazone groups is 1. The van der Waals surface area contributed by atoms with E-state index in [4.69, 9.17) is 4.74 Å². The average Bonchev–Trinajstić information content (AvgIpc) is 2.82. The Morgan fingerprint density at radius 3 is 2.65 bits per heavy atom. The van der Waals surface area contributed by atoms with Crippen LogP contribution in [0.15, 0.2) is 5.10 Å². The molecule has 7 nitrogen and oxygen atoms in total. The molecule has 2 unspecified atom stereocenters. The van der Waals surface area contributed by atoms with Crippen LogP contribution in [0.25, 0.3) is 0 Å². The molecule has 2 aliphatic heterocycles. The van der Waals surface area contributed by atoms with Gasteiger partial charge in [-0.15, -0.1) is 0 Å². The standard InChI is InChI=1S/C12H22N4O3S/c1-10-7-11(9-19-10)8-14-3-5-15(6-4-14)12(20-2)13-16(17)18/h10-11H,3-9H2,1-2H3. The fourth-order valence-corrected chi connectivity index (χ4v) is 3.41. The average molecular weight is 302 g/mol. The summed E-state index contributed by atoms with van der Waals surface area (Å²) < 4.78 is 5.59. The third-order valence-electron chi connectivity index (χ3n) is 3.79. The molecule has 2 fully saturated rings. The minimum Gasteiger partial charge on any atom is -0.378 e. The predicted octanol–water partition coefficient (Wildman–Crippen LogP) is 0.940. The second-order valence-corrected chi connectivity index (χ2v) is 6.13. The Labute approximate surface area is 123 Å². The van der Waals surface area contributed by atoms with Crippen molar-refractivity contribution in [2.75, 3.05) is 45.6 Å². The van der Waals surface area contributed by atoms with Crippen LogP contribution in [0.1, 0.15) is 13.3 Å². The summed E-state index contributed by atoms with van der Waals surface area (Å²) in [6.45, 7) is 7.52. The Balaban J connectivity index is 1.78.